The molecule has 6 nitrogen and oxygen atoms in total. The van der Waals surface area contributed by atoms with E-state index in [9.17, 15) is 0 Å². The summed E-state index contributed by atoms with van der Waals surface area (Å²) in [6.45, 7) is 0. The van der Waals surface area contributed by atoms with Gasteiger partial charge >= 0.3 is 0 Å². The van der Waals surface area contributed by atoms with Crippen LogP contribution in [0.15, 0.2) is 484 Å². The van der Waals surface area contributed by atoms with Gasteiger partial charge in [-0.1, -0.05) is 346 Å². The fraction of sp³-hybridized carbons (Fsp3) is 0. The molecule has 0 bridgehead atoms. The lowest BCUT2D eigenvalue weighted by Gasteiger charge is -2.32. The van der Waals surface area contributed by atoms with Crippen LogP contribution in [0.5, 0.6) is 0 Å². The highest BCUT2D eigenvalue weighted by Gasteiger charge is 2.30. The summed E-state index contributed by atoms with van der Waals surface area (Å²) in [4.78, 5) is 5.01. The van der Waals surface area contributed by atoms with E-state index in [1.165, 1.54) is 38.1 Å². The molecule has 0 spiro atoms. The van der Waals surface area contributed by atoms with Crippen molar-refractivity contribution in [3.63, 3.8) is 0 Å². The molecular weight excluding hydrogens is 1530 g/mol. The topological polar surface area (TPSA) is 34.4 Å². The Balaban J connectivity index is 0.693. The summed E-state index contributed by atoms with van der Waals surface area (Å²) in [5.41, 5.74) is 35.6. The van der Waals surface area contributed by atoms with Crippen molar-refractivity contribution in [3.8, 4) is 106 Å². The van der Waals surface area contributed by atoms with Crippen molar-refractivity contribution in [2.75, 3.05) is 9.80 Å². The van der Waals surface area contributed by atoms with Gasteiger partial charge in [0.1, 0.15) is 11.2 Å². The number of aromatic nitrogens is 3. The highest BCUT2D eigenvalue weighted by atomic mass is 16.3. The molecule has 20 aromatic carbocycles. The molecule has 0 aliphatic rings. The summed E-state index contributed by atoms with van der Waals surface area (Å²) < 4.78 is 14.2. The standard InChI is InChI=1S/C120H79N5O/c1-6-33-81(34-7-1)92-43-16-18-49-102(92)118-94(83-37-10-3-11-38-83)52-30-59-112(118)121(88-70-65-85(66-71-88)96-54-32-61-114-120(96)104-51-23-28-58-109(104)123(114)87-41-14-5-15-42-87)90-73-76-110-105(78-90)99-47-22-25-55-106(99)122(110)89-68-63-80(64-69-89)86-67-75-111(125-107-56-26-20-45-97(107)98-46-21-27-57-108(98)125)115(77-86)124(91-72-74-101-100-48-24-29-62-116(100)126-117(101)79-91)113-60-31-53-95(84-39-12-4-13-40-84)119(113)103-50-19-17-44-93(103)82-35-8-2-9-36-82/h1-79H. The predicted molar refractivity (Wildman–Crippen MR) is 530 cm³/mol. The van der Waals surface area contributed by atoms with Crippen molar-refractivity contribution in [3.05, 3.63) is 479 Å². The maximum atomic E-state index is 6.92. The Kier molecular flexibility index (Phi) is 17.8. The van der Waals surface area contributed by atoms with Gasteiger partial charge in [0.15, 0.2) is 0 Å². The van der Waals surface area contributed by atoms with Gasteiger partial charge in [-0.15, -0.1) is 0 Å². The van der Waals surface area contributed by atoms with Crippen LogP contribution in [0.4, 0.5) is 34.1 Å². The lowest BCUT2D eigenvalue weighted by molar-refractivity contribution is 0.669. The van der Waals surface area contributed by atoms with E-state index >= 15 is 0 Å². The first-order valence-corrected chi connectivity index (χ1v) is 43.2. The van der Waals surface area contributed by atoms with Crippen LogP contribution < -0.4 is 9.80 Å². The Hall–Kier alpha value is -16.8. The smallest absolute Gasteiger partial charge is 0.137 e. The number of furan rings is 1. The largest absolute Gasteiger partial charge is 0.456 e. The summed E-state index contributed by atoms with van der Waals surface area (Å²) in [5.74, 6) is 0. The first-order chi connectivity index (χ1) is 62.6. The minimum atomic E-state index is 0.802. The van der Waals surface area contributed by atoms with Gasteiger partial charge < -0.3 is 27.9 Å². The molecule has 0 aliphatic heterocycles. The zero-order valence-electron chi connectivity index (χ0n) is 68.8. The van der Waals surface area contributed by atoms with Gasteiger partial charge in [-0.2, -0.15) is 0 Å². The Morgan fingerprint density at radius 2 is 0.548 bits per heavy atom. The molecule has 0 amide bonds. The van der Waals surface area contributed by atoms with E-state index in [4.69, 9.17) is 4.42 Å². The van der Waals surface area contributed by atoms with Crippen LogP contribution in [0.2, 0.25) is 0 Å². The molecule has 126 heavy (non-hydrogen) atoms. The van der Waals surface area contributed by atoms with Crippen LogP contribution in [0.3, 0.4) is 0 Å². The Morgan fingerprint density at radius 3 is 1.13 bits per heavy atom. The molecule has 0 saturated heterocycles. The third-order valence-electron chi connectivity index (χ3n) is 25.5. The lowest BCUT2D eigenvalue weighted by Crippen LogP contribution is -2.15. The van der Waals surface area contributed by atoms with Gasteiger partial charge in [0.2, 0.25) is 0 Å². The van der Waals surface area contributed by atoms with Crippen LogP contribution in [0.1, 0.15) is 0 Å². The first kappa shape index (κ1) is 73.1. The summed E-state index contributed by atoms with van der Waals surface area (Å²) in [6, 6.07) is 176. The maximum Gasteiger partial charge on any atom is 0.137 e. The number of anilines is 6. The minimum Gasteiger partial charge on any atom is -0.456 e. The minimum absolute atomic E-state index is 0.802. The van der Waals surface area contributed by atoms with Crippen LogP contribution in [0, 0.1) is 0 Å². The fourth-order valence-corrected chi connectivity index (χ4v) is 19.9. The normalized spacial score (nSPS) is 11.7. The Morgan fingerprint density at radius 1 is 0.175 bits per heavy atom. The zero-order chi connectivity index (χ0) is 83.1. The van der Waals surface area contributed by atoms with E-state index < -0.39 is 0 Å². The third kappa shape index (κ3) is 12.3. The van der Waals surface area contributed by atoms with Crippen molar-refractivity contribution in [1.82, 2.24) is 13.7 Å². The van der Waals surface area contributed by atoms with Crippen LogP contribution >= 0.6 is 0 Å². The highest BCUT2D eigenvalue weighted by Crippen LogP contribution is 2.54. The van der Waals surface area contributed by atoms with E-state index in [-0.39, 0.29) is 0 Å². The Labute approximate surface area is 729 Å². The molecule has 0 atom stereocenters. The number of rotatable bonds is 17. The second-order valence-electron chi connectivity index (χ2n) is 32.5. The van der Waals surface area contributed by atoms with Gasteiger partial charge in [-0.3, -0.25) is 0 Å². The molecule has 0 fully saturated rings. The molecule has 0 aliphatic carbocycles. The van der Waals surface area contributed by atoms with E-state index in [2.05, 4.69) is 503 Å². The van der Waals surface area contributed by atoms with E-state index in [1.807, 2.05) is 0 Å². The molecule has 0 N–H and O–H groups in total. The molecule has 4 aromatic heterocycles. The van der Waals surface area contributed by atoms with Gasteiger partial charge in [0, 0.05) is 88.7 Å². The molecule has 590 valence electrons. The molecule has 0 radical (unpaired) electrons. The fourth-order valence-electron chi connectivity index (χ4n) is 19.9. The maximum absolute atomic E-state index is 6.92. The monoisotopic (exact) mass is 1610 g/mol. The lowest BCUT2D eigenvalue weighted by atomic mass is 9.87. The quantitative estimate of drug-likeness (QED) is 0.0911. The van der Waals surface area contributed by atoms with Crippen molar-refractivity contribution in [1.29, 1.82) is 0 Å². The molecule has 0 saturated carbocycles. The molecule has 6 heteroatoms. The molecule has 4 heterocycles. The average Bonchev–Trinajstić information content (AvgIpc) is 1.43. The number of hydrogen-bond donors (Lipinski definition) is 0. The molecular formula is C120H79N5O. The SMILES string of the molecule is c1ccc(-c2ccccc2-c2c(-c3ccccc3)cccc2N(c2ccc(-c3cccc4c3c3ccccc3n4-c3ccccc3)cc2)c2ccc3c(c2)c2ccccc2n3-c2ccc(-c3ccc(-n4c5ccccc5c5ccccc54)c(N(c4ccc5c(c4)oc4ccccc45)c4cccc(-c5ccccc5)c4-c4ccccc4-c4ccccc4)c3)cc2)cc1. The van der Waals surface area contributed by atoms with Gasteiger partial charge in [0.25, 0.3) is 0 Å². The highest BCUT2D eigenvalue weighted by molar-refractivity contribution is 6.17. The van der Waals surface area contributed by atoms with Crippen molar-refractivity contribution >= 4 is 121 Å². The van der Waals surface area contributed by atoms with Crippen LogP contribution in [0.25, 0.3) is 193 Å². The average molecular weight is 1610 g/mol. The summed E-state index contributed by atoms with van der Waals surface area (Å²) in [7, 11) is 0. The Bertz CT molecular complexity index is 8260. The number of fused-ring (bicyclic) bond motifs is 12. The van der Waals surface area contributed by atoms with Crippen molar-refractivity contribution < 1.29 is 4.42 Å². The molecule has 0 unspecified atom stereocenters. The number of para-hydroxylation sites is 6. The van der Waals surface area contributed by atoms with E-state index in [1.54, 1.807) is 0 Å². The van der Waals surface area contributed by atoms with Gasteiger partial charge in [0.05, 0.1) is 55.8 Å². The number of nitrogens with zero attached hydrogens (tertiary/aromatic N) is 5. The zero-order valence-corrected chi connectivity index (χ0v) is 68.8. The predicted octanol–water partition coefficient (Wildman–Crippen LogP) is 33.2. The second-order valence-corrected chi connectivity index (χ2v) is 32.5. The first-order valence-electron chi connectivity index (χ1n) is 43.2. The van der Waals surface area contributed by atoms with Gasteiger partial charge in [-0.25, -0.2) is 0 Å². The molecule has 24 rings (SSSR count). The van der Waals surface area contributed by atoms with Crippen LogP contribution in [-0.2, 0) is 0 Å². The van der Waals surface area contributed by atoms with Crippen LogP contribution in [-0.4, -0.2) is 13.7 Å². The summed E-state index contributed by atoms with van der Waals surface area (Å²) >= 11 is 0. The molecule has 24 aromatic rings. The van der Waals surface area contributed by atoms with Crippen molar-refractivity contribution in [2.24, 2.45) is 0 Å². The number of benzene rings is 20. The van der Waals surface area contributed by atoms with E-state index in [0.717, 1.165) is 189 Å². The number of hydrogen-bond acceptors (Lipinski definition) is 3. The third-order valence-corrected chi connectivity index (χ3v) is 25.5. The summed E-state index contributed by atoms with van der Waals surface area (Å²) in [5, 5.41) is 9.21. The van der Waals surface area contributed by atoms with Gasteiger partial charge in [-0.05, 0) is 205 Å². The second kappa shape index (κ2) is 30.7. The summed E-state index contributed by atoms with van der Waals surface area (Å²) in [6.07, 6.45) is 0. The van der Waals surface area contributed by atoms with E-state index in [0.29, 0.717) is 0 Å². The van der Waals surface area contributed by atoms with Crippen molar-refractivity contribution in [2.45, 2.75) is 0 Å².